The predicted molar refractivity (Wildman–Crippen MR) is 86.0 cm³/mol. The minimum atomic E-state index is 0.102. The third-order valence-corrected chi connectivity index (χ3v) is 6.35. The second kappa shape index (κ2) is 7.26. The Labute approximate surface area is 126 Å². The van der Waals surface area contributed by atoms with Crippen LogP contribution >= 0.6 is 0 Å². The van der Waals surface area contributed by atoms with Crippen molar-refractivity contribution in [1.82, 2.24) is 5.32 Å². The average Bonchev–Trinajstić information content (AvgIpc) is 2.51. The summed E-state index contributed by atoms with van der Waals surface area (Å²) in [5.41, 5.74) is 0.102. The lowest BCUT2D eigenvalue weighted by molar-refractivity contribution is -0.0911. The van der Waals surface area contributed by atoms with Crippen molar-refractivity contribution >= 4 is 0 Å². The van der Waals surface area contributed by atoms with Gasteiger partial charge in [-0.25, -0.2) is 0 Å². The predicted octanol–water partition coefficient (Wildman–Crippen LogP) is 4.39. The number of likely N-dealkylation sites (N-methyl/N-ethyl adjacent to an activating group) is 1. The molecule has 2 fully saturated rings. The summed E-state index contributed by atoms with van der Waals surface area (Å²) in [6, 6.07) is 0.554. The van der Waals surface area contributed by atoms with Gasteiger partial charge in [-0.2, -0.15) is 0 Å². The first-order valence-electron chi connectivity index (χ1n) is 8.87. The Hall–Kier alpha value is -0.0800. The zero-order chi connectivity index (χ0) is 14.6. The molecular weight excluding hydrogens is 246 g/mol. The maximum absolute atomic E-state index is 6.12. The lowest BCUT2D eigenvalue weighted by Crippen LogP contribution is -2.56. The van der Waals surface area contributed by atoms with Crippen LogP contribution in [0.1, 0.15) is 71.6 Å². The summed E-state index contributed by atoms with van der Waals surface area (Å²) in [5.74, 6) is 2.68. The van der Waals surface area contributed by atoms with Crippen LogP contribution in [0.4, 0.5) is 0 Å². The van der Waals surface area contributed by atoms with Crippen LogP contribution < -0.4 is 5.32 Å². The molecule has 0 saturated heterocycles. The molecule has 2 nitrogen and oxygen atoms in total. The van der Waals surface area contributed by atoms with Crippen LogP contribution in [0, 0.1) is 17.8 Å². The summed E-state index contributed by atoms with van der Waals surface area (Å²) in [6.07, 6.45) is 12.1. The van der Waals surface area contributed by atoms with Gasteiger partial charge in [0.15, 0.2) is 0 Å². The molecule has 20 heavy (non-hydrogen) atoms. The quantitative estimate of drug-likeness (QED) is 0.807. The van der Waals surface area contributed by atoms with E-state index < -0.39 is 0 Å². The zero-order valence-electron chi connectivity index (χ0n) is 14.1. The molecule has 0 aromatic rings. The van der Waals surface area contributed by atoms with Crippen LogP contribution in [0.15, 0.2) is 0 Å². The van der Waals surface area contributed by atoms with Crippen LogP contribution in [-0.4, -0.2) is 25.8 Å². The van der Waals surface area contributed by atoms with Gasteiger partial charge in [-0.15, -0.1) is 0 Å². The second-order valence-electron chi connectivity index (χ2n) is 7.41. The Morgan fingerprint density at radius 1 is 1.10 bits per heavy atom. The van der Waals surface area contributed by atoms with Crippen molar-refractivity contribution in [3.8, 4) is 0 Å². The highest BCUT2D eigenvalue weighted by atomic mass is 16.5. The first-order chi connectivity index (χ1) is 9.65. The first-order valence-corrected chi connectivity index (χ1v) is 8.87. The maximum atomic E-state index is 6.12. The van der Waals surface area contributed by atoms with E-state index in [9.17, 15) is 0 Å². The number of hydrogen-bond acceptors (Lipinski definition) is 2. The van der Waals surface area contributed by atoms with Crippen molar-refractivity contribution in [2.75, 3.05) is 14.2 Å². The van der Waals surface area contributed by atoms with Gasteiger partial charge in [0.05, 0.1) is 5.60 Å². The van der Waals surface area contributed by atoms with E-state index >= 15 is 0 Å². The molecule has 2 aliphatic rings. The molecule has 2 aliphatic carbocycles. The molecule has 1 unspecified atom stereocenters. The molecule has 1 N–H and O–H groups in total. The number of ether oxygens (including phenoxy) is 1. The summed E-state index contributed by atoms with van der Waals surface area (Å²) < 4.78 is 6.12. The van der Waals surface area contributed by atoms with Crippen LogP contribution in [0.25, 0.3) is 0 Å². The summed E-state index contributed by atoms with van der Waals surface area (Å²) in [7, 11) is 4.09. The first kappa shape index (κ1) is 16.3. The normalized spacial score (nSPS) is 40.5. The number of hydrogen-bond donors (Lipinski definition) is 1. The van der Waals surface area contributed by atoms with E-state index in [-0.39, 0.29) is 5.60 Å². The Morgan fingerprint density at radius 3 is 2.15 bits per heavy atom. The summed E-state index contributed by atoms with van der Waals surface area (Å²) in [6.45, 7) is 4.74. The minimum absolute atomic E-state index is 0.102. The highest BCUT2D eigenvalue weighted by Crippen LogP contribution is 2.43. The molecule has 0 aromatic carbocycles. The van der Waals surface area contributed by atoms with E-state index in [1.165, 1.54) is 57.8 Å². The van der Waals surface area contributed by atoms with Gasteiger partial charge in [0, 0.05) is 13.2 Å². The molecule has 0 amide bonds. The summed E-state index contributed by atoms with van der Waals surface area (Å²) in [5, 5.41) is 3.66. The zero-order valence-corrected chi connectivity index (χ0v) is 14.1. The maximum Gasteiger partial charge on any atom is 0.0833 e. The average molecular weight is 281 g/mol. The third kappa shape index (κ3) is 3.39. The minimum Gasteiger partial charge on any atom is -0.377 e. The van der Waals surface area contributed by atoms with Gasteiger partial charge in [0.25, 0.3) is 0 Å². The molecule has 2 rings (SSSR count). The molecule has 0 bridgehead atoms. The standard InChI is InChI=1S/C18H35NO/c1-5-15-6-8-16(9-7-15)17(19-3)18(20-4)12-10-14(2)11-13-18/h14-17,19H,5-13H2,1-4H3. The second-order valence-corrected chi connectivity index (χ2v) is 7.41. The fourth-order valence-corrected chi connectivity index (χ4v) is 4.75. The van der Waals surface area contributed by atoms with E-state index in [0.29, 0.717) is 6.04 Å². The van der Waals surface area contributed by atoms with Gasteiger partial charge >= 0.3 is 0 Å². The van der Waals surface area contributed by atoms with Gasteiger partial charge in [-0.05, 0) is 63.3 Å². The molecule has 1 atom stereocenters. The molecule has 0 aliphatic heterocycles. The van der Waals surface area contributed by atoms with E-state index in [4.69, 9.17) is 4.74 Å². The lowest BCUT2D eigenvalue weighted by atomic mass is 9.67. The fourth-order valence-electron chi connectivity index (χ4n) is 4.75. The summed E-state index contributed by atoms with van der Waals surface area (Å²) >= 11 is 0. The van der Waals surface area contributed by atoms with Crippen molar-refractivity contribution < 1.29 is 4.74 Å². The molecule has 2 saturated carbocycles. The van der Waals surface area contributed by atoms with Gasteiger partial charge < -0.3 is 10.1 Å². The summed E-state index contributed by atoms with van der Waals surface area (Å²) in [4.78, 5) is 0. The van der Waals surface area contributed by atoms with Crippen LogP contribution in [0.2, 0.25) is 0 Å². The Kier molecular flexibility index (Phi) is 5.92. The van der Waals surface area contributed by atoms with Gasteiger partial charge in [-0.3, -0.25) is 0 Å². The van der Waals surface area contributed by atoms with E-state index in [2.05, 4.69) is 26.2 Å². The van der Waals surface area contributed by atoms with E-state index in [1.54, 1.807) is 0 Å². The van der Waals surface area contributed by atoms with Crippen LogP contribution in [-0.2, 0) is 4.74 Å². The van der Waals surface area contributed by atoms with Gasteiger partial charge in [-0.1, -0.05) is 33.1 Å². The van der Waals surface area contributed by atoms with Gasteiger partial charge in [0.1, 0.15) is 0 Å². The Bertz CT molecular complexity index is 275. The Balaban J connectivity index is 2.02. The van der Waals surface area contributed by atoms with Crippen LogP contribution in [0.5, 0.6) is 0 Å². The SMILES string of the molecule is CCC1CCC(C(NC)C2(OC)CCC(C)CC2)CC1. The largest absolute Gasteiger partial charge is 0.377 e. The fraction of sp³-hybridized carbons (Fsp3) is 1.00. The van der Waals surface area contributed by atoms with Crippen molar-refractivity contribution in [1.29, 1.82) is 0 Å². The number of nitrogens with one attached hydrogen (secondary N) is 1. The molecule has 118 valence electrons. The topological polar surface area (TPSA) is 21.3 Å². The van der Waals surface area contributed by atoms with Crippen molar-refractivity contribution in [2.45, 2.75) is 83.3 Å². The van der Waals surface area contributed by atoms with Crippen molar-refractivity contribution in [3.63, 3.8) is 0 Å². The molecule has 0 heterocycles. The highest BCUT2D eigenvalue weighted by molar-refractivity contribution is 4.99. The Morgan fingerprint density at radius 2 is 1.70 bits per heavy atom. The highest BCUT2D eigenvalue weighted by Gasteiger charge is 2.44. The molecule has 2 heteroatoms. The molecule has 0 spiro atoms. The molecular formula is C18H35NO. The molecule has 0 radical (unpaired) electrons. The third-order valence-electron chi connectivity index (χ3n) is 6.35. The smallest absolute Gasteiger partial charge is 0.0833 e. The van der Waals surface area contributed by atoms with Crippen LogP contribution in [0.3, 0.4) is 0 Å². The molecule has 0 aromatic heterocycles. The van der Waals surface area contributed by atoms with Crippen molar-refractivity contribution in [2.24, 2.45) is 17.8 Å². The van der Waals surface area contributed by atoms with E-state index in [1.807, 2.05) is 7.11 Å². The van der Waals surface area contributed by atoms with Crippen molar-refractivity contribution in [3.05, 3.63) is 0 Å². The van der Waals surface area contributed by atoms with E-state index in [0.717, 1.165) is 17.8 Å². The number of rotatable bonds is 5. The lowest BCUT2D eigenvalue weighted by Gasteiger charge is -2.48. The monoisotopic (exact) mass is 281 g/mol. The number of methoxy groups -OCH3 is 1. The van der Waals surface area contributed by atoms with Gasteiger partial charge in [0.2, 0.25) is 0 Å².